The smallest absolute Gasteiger partial charge is 0.000977 e. The summed E-state index contributed by atoms with van der Waals surface area (Å²) in [6, 6.07) is 0. The van der Waals surface area contributed by atoms with Crippen molar-refractivity contribution in [1.29, 1.82) is 0 Å². The van der Waals surface area contributed by atoms with Crippen LogP contribution in [-0.4, -0.2) is 24.5 Å². The maximum atomic E-state index is 2.67. The highest BCUT2D eigenvalue weighted by Gasteiger charge is 2.24. The second-order valence-corrected chi connectivity index (χ2v) is 4.72. The van der Waals surface area contributed by atoms with Crippen molar-refractivity contribution in [2.24, 2.45) is 11.8 Å². The van der Waals surface area contributed by atoms with Crippen molar-refractivity contribution in [3.63, 3.8) is 0 Å². The molecule has 0 N–H and O–H groups in total. The SMILES string of the molecule is CCCN(CC(C)CC)CC1CC1. The first-order chi connectivity index (χ1) is 6.26. The maximum Gasteiger partial charge on any atom is 0.000977 e. The molecule has 0 saturated heterocycles. The highest BCUT2D eigenvalue weighted by atomic mass is 15.1. The lowest BCUT2D eigenvalue weighted by atomic mass is 10.1. The van der Waals surface area contributed by atoms with E-state index >= 15 is 0 Å². The van der Waals surface area contributed by atoms with Crippen molar-refractivity contribution >= 4 is 0 Å². The largest absolute Gasteiger partial charge is 0.303 e. The van der Waals surface area contributed by atoms with E-state index in [-0.39, 0.29) is 0 Å². The van der Waals surface area contributed by atoms with Crippen LogP contribution in [-0.2, 0) is 0 Å². The van der Waals surface area contributed by atoms with Crippen molar-refractivity contribution in [3.05, 3.63) is 0 Å². The first-order valence-electron chi connectivity index (χ1n) is 5.98. The van der Waals surface area contributed by atoms with Crippen LogP contribution in [0.5, 0.6) is 0 Å². The minimum Gasteiger partial charge on any atom is -0.303 e. The highest BCUT2D eigenvalue weighted by molar-refractivity contribution is 4.77. The molecular formula is C12H25N. The lowest BCUT2D eigenvalue weighted by Crippen LogP contribution is -2.31. The topological polar surface area (TPSA) is 3.24 Å². The van der Waals surface area contributed by atoms with Gasteiger partial charge in [-0.2, -0.15) is 0 Å². The van der Waals surface area contributed by atoms with Crippen LogP contribution >= 0.6 is 0 Å². The lowest BCUT2D eigenvalue weighted by Gasteiger charge is -2.24. The van der Waals surface area contributed by atoms with Crippen LogP contribution in [0.15, 0.2) is 0 Å². The fraction of sp³-hybridized carbons (Fsp3) is 1.00. The normalized spacial score (nSPS) is 19.4. The van der Waals surface area contributed by atoms with Crippen LogP contribution in [0.2, 0.25) is 0 Å². The molecule has 1 fully saturated rings. The van der Waals surface area contributed by atoms with Crippen LogP contribution in [0.1, 0.15) is 46.5 Å². The summed E-state index contributed by atoms with van der Waals surface area (Å²) in [5.41, 5.74) is 0. The van der Waals surface area contributed by atoms with Gasteiger partial charge in [-0.3, -0.25) is 0 Å². The van der Waals surface area contributed by atoms with Crippen molar-refractivity contribution in [2.75, 3.05) is 19.6 Å². The van der Waals surface area contributed by atoms with Crippen LogP contribution in [0, 0.1) is 11.8 Å². The van der Waals surface area contributed by atoms with Crippen LogP contribution in [0.3, 0.4) is 0 Å². The van der Waals surface area contributed by atoms with Gasteiger partial charge in [-0.1, -0.05) is 27.2 Å². The summed E-state index contributed by atoms with van der Waals surface area (Å²) >= 11 is 0. The Kier molecular flexibility index (Phi) is 4.79. The monoisotopic (exact) mass is 183 g/mol. The molecule has 78 valence electrons. The zero-order valence-electron chi connectivity index (χ0n) is 9.55. The summed E-state index contributed by atoms with van der Waals surface area (Å²) in [6.45, 7) is 11.0. The van der Waals surface area contributed by atoms with Gasteiger partial charge >= 0.3 is 0 Å². The summed E-state index contributed by atoms with van der Waals surface area (Å²) in [5, 5.41) is 0. The van der Waals surface area contributed by atoms with E-state index in [1.165, 1.54) is 45.3 Å². The molecule has 1 atom stereocenters. The van der Waals surface area contributed by atoms with Gasteiger partial charge in [0.2, 0.25) is 0 Å². The molecule has 1 aliphatic carbocycles. The molecule has 1 unspecified atom stereocenters. The van der Waals surface area contributed by atoms with E-state index in [2.05, 4.69) is 25.7 Å². The van der Waals surface area contributed by atoms with Crippen molar-refractivity contribution in [3.8, 4) is 0 Å². The van der Waals surface area contributed by atoms with Gasteiger partial charge in [0, 0.05) is 13.1 Å². The Balaban J connectivity index is 2.18. The number of nitrogens with zero attached hydrogens (tertiary/aromatic N) is 1. The first-order valence-corrected chi connectivity index (χ1v) is 5.98. The fourth-order valence-electron chi connectivity index (χ4n) is 1.81. The number of hydrogen-bond acceptors (Lipinski definition) is 1. The Morgan fingerprint density at radius 2 is 2.00 bits per heavy atom. The zero-order valence-corrected chi connectivity index (χ0v) is 9.55. The van der Waals surface area contributed by atoms with E-state index in [9.17, 15) is 0 Å². The quantitative estimate of drug-likeness (QED) is 0.586. The van der Waals surface area contributed by atoms with E-state index < -0.39 is 0 Å². The molecule has 1 aliphatic rings. The summed E-state index contributed by atoms with van der Waals surface area (Å²) in [5.74, 6) is 1.93. The Morgan fingerprint density at radius 3 is 2.46 bits per heavy atom. The summed E-state index contributed by atoms with van der Waals surface area (Å²) in [7, 11) is 0. The van der Waals surface area contributed by atoms with Crippen molar-refractivity contribution in [1.82, 2.24) is 4.90 Å². The molecular weight excluding hydrogens is 158 g/mol. The zero-order chi connectivity index (χ0) is 9.68. The van der Waals surface area contributed by atoms with Gasteiger partial charge in [-0.05, 0) is 37.6 Å². The molecule has 0 heterocycles. The Bertz CT molecular complexity index is 129. The Morgan fingerprint density at radius 1 is 1.31 bits per heavy atom. The van der Waals surface area contributed by atoms with Crippen molar-refractivity contribution in [2.45, 2.75) is 46.5 Å². The third kappa shape index (κ3) is 4.66. The van der Waals surface area contributed by atoms with Gasteiger partial charge in [0.25, 0.3) is 0 Å². The Labute approximate surface area is 83.5 Å². The molecule has 1 heteroatoms. The number of rotatable bonds is 7. The predicted octanol–water partition coefficient (Wildman–Crippen LogP) is 3.15. The van der Waals surface area contributed by atoms with Crippen molar-refractivity contribution < 1.29 is 0 Å². The second-order valence-electron chi connectivity index (χ2n) is 4.72. The molecule has 1 nitrogen and oxygen atoms in total. The molecule has 1 rings (SSSR count). The average molecular weight is 183 g/mol. The van der Waals surface area contributed by atoms with E-state index in [4.69, 9.17) is 0 Å². The Hall–Kier alpha value is -0.0400. The lowest BCUT2D eigenvalue weighted by molar-refractivity contribution is 0.226. The van der Waals surface area contributed by atoms with E-state index in [1.807, 2.05) is 0 Å². The van der Waals surface area contributed by atoms with Crippen LogP contribution in [0.4, 0.5) is 0 Å². The summed E-state index contributed by atoms with van der Waals surface area (Å²) < 4.78 is 0. The standard InChI is InChI=1S/C12H25N/c1-4-8-13(9-11(3)5-2)10-12-6-7-12/h11-12H,4-10H2,1-3H3. The van der Waals surface area contributed by atoms with E-state index in [0.29, 0.717) is 0 Å². The molecule has 0 aromatic rings. The second kappa shape index (κ2) is 5.64. The summed E-state index contributed by atoms with van der Waals surface area (Å²) in [4.78, 5) is 2.67. The minimum atomic E-state index is 0.880. The van der Waals surface area contributed by atoms with Gasteiger partial charge in [0.05, 0.1) is 0 Å². The van der Waals surface area contributed by atoms with Gasteiger partial charge in [0.15, 0.2) is 0 Å². The average Bonchev–Trinajstić information content (AvgIpc) is 2.88. The third-order valence-electron chi connectivity index (χ3n) is 3.02. The van der Waals surface area contributed by atoms with Crippen LogP contribution in [0.25, 0.3) is 0 Å². The predicted molar refractivity (Wildman–Crippen MR) is 58.9 cm³/mol. The molecule has 0 aromatic carbocycles. The maximum absolute atomic E-state index is 2.67. The number of hydrogen-bond donors (Lipinski definition) is 0. The van der Waals surface area contributed by atoms with Gasteiger partial charge < -0.3 is 4.90 Å². The molecule has 0 spiro atoms. The van der Waals surface area contributed by atoms with Gasteiger partial charge in [-0.15, -0.1) is 0 Å². The van der Waals surface area contributed by atoms with Gasteiger partial charge in [0.1, 0.15) is 0 Å². The molecule has 0 radical (unpaired) electrons. The van der Waals surface area contributed by atoms with Gasteiger partial charge in [-0.25, -0.2) is 0 Å². The third-order valence-corrected chi connectivity index (χ3v) is 3.02. The first kappa shape index (κ1) is 11.0. The fourth-order valence-corrected chi connectivity index (χ4v) is 1.81. The van der Waals surface area contributed by atoms with Crippen LogP contribution < -0.4 is 0 Å². The molecule has 0 bridgehead atoms. The molecule has 0 aromatic heterocycles. The van der Waals surface area contributed by atoms with E-state index in [1.54, 1.807) is 0 Å². The van der Waals surface area contributed by atoms with E-state index in [0.717, 1.165) is 11.8 Å². The molecule has 13 heavy (non-hydrogen) atoms. The molecule has 0 amide bonds. The minimum absolute atomic E-state index is 0.880. The summed E-state index contributed by atoms with van der Waals surface area (Å²) in [6.07, 6.45) is 5.61. The highest BCUT2D eigenvalue weighted by Crippen LogP contribution is 2.30. The molecule has 0 aliphatic heterocycles. The molecule has 1 saturated carbocycles.